The van der Waals surface area contributed by atoms with E-state index in [2.05, 4.69) is 0 Å². The molecule has 1 aliphatic heterocycles. The lowest BCUT2D eigenvalue weighted by Crippen LogP contribution is -2.42. The molecular formula is C26H18Cl2N2O3. The third-order valence-electron chi connectivity index (χ3n) is 5.39. The molecule has 3 aromatic rings. The molecule has 7 heteroatoms. The van der Waals surface area contributed by atoms with E-state index in [-0.39, 0.29) is 17.7 Å². The van der Waals surface area contributed by atoms with Crippen molar-refractivity contribution in [2.75, 3.05) is 0 Å². The van der Waals surface area contributed by atoms with Crippen LogP contribution in [0.3, 0.4) is 0 Å². The van der Waals surface area contributed by atoms with Crippen molar-refractivity contribution in [1.82, 2.24) is 4.90 Å². The molecule has 2 heterocycles. The lowest BCUT2D eigenvalue weighted by atomic mass is 9.94. The molecule has 5 nitrogen and oxygen atoms in total. The Balaban J connectivity index is 1.72. The smallest absolute Gasteiger partial charge is 0.271 e. The fourth-order valence-electron chi connectivity index (χ4n) is 3.55. The molecule has 2 aromatic carbocycles. The zero-order chi connectivity index (χ0) is 23.7. The van der Waals surface area contributed by atoms with Gasteiger partial charge in [0, 0.05) is 16.2 Å². The number of rotatable bonds is 4. The second-order valence-electron chi connectivity index (χ2n) is 7.68. The molecule has 164 valence electrons. The van der Waals surface area contributed by atoms with Gasteiger partial charge in [0.05, 0.1) is 11.6 Å². The van der Waals surface area contributed by atoms with Gasteiger partial charge >= 0.3 is 0 Å². The number of amides is 2. The molecule has 0 saturated carbocycles. The van der Waals surface area contributed by atoms with Crippen molar-refractivity contribution in [2.24, 2.45) is 0 Å². The zero-order valence-corrected chi connectivity index (χ0v) is 19.4. The van der Waals surface area contributed by atoms with E-state index in [1.165, 1.54) is 6.08 Å². The molecule has 0 N–H and O–H groups in total. The molecule has 0 bridgehead atoms. The van der Waals surface area contributed by atoms with Crippen molar-refractivity contribution in [3.8, 4) is 17.4 Å². The Morgan fingerprint density at radius 3 is 2.42 bits per heavy atom. The summed E-state index contributed by atoms with van der Waals surface area (Å²) in [5.74, 6) is -0.239. The summed E-state index contributed by atoms with van der Waals surface area (Å²) < 4.78 is 5.89. The summed E-state index contributed by atoms with van der Waals surface area (Å²) in [6.45, 7) is 3.60. The normalized spacial score (nSPS) is 15.4. The average molecular weight is 477 g/mol. The van der Waals surface area contributed by atoms with Gasteiger partial charge in [-0.05, 0) is 61.4 Å². The van der Waals surface area contributed by atoms with E-state index in [1.54, 1.807) is 37.3 Å². The number of hydrogen-bond acceptors (Lipinski definition) is 4. The van der Waals surface area contributed by atoms with Gasteiger partial charge in [0.2, 0.25) is 0 Å². The summed E-state index contributed by atoms with van der Waals surface area (Å²) in [4.78, 5) is 27.2. The predicted octanol–water partition coefficient (Wildman–Crippen LogP) is 6.35. The Kier molecular flexibility index (Phi) is 6.24. The highest BCUT2D eigenvalue weighted by Gasteiger charge is 2.35. The van der Waals surface area contributed by atoms with Crippen molar-refractivity contribution in [3.05, 3.63) is 98.2 Å². The summed E-state index contributed by atoms with van der Waals surface area (Å²) >= 11 is 12.3. The van der Waals surface area contributed by atoms with Crippen molar-refractivity contribution < 1.29 is 14.0 Å². The molecule has 1 aliphatic rings. The van der Waals surface area contributed by atoms with Crippen molar-refractivity contribution in [2.45, 2.75) is 20.4 Å². The van der Waals surface area contributed by atoms with Gasteiger partial charge in [0.1, 0.15) is 23.2 Å². The van der Waals surface area contributed by atoms with Gasteiger partial charge in [0.25, 0.3) is 11.8 Å². The number of furan rings is 1. The number of carbonyl (C=O) groups is 2. The highest BCUT2D eigenvalue weighted by molar-refractivity contribution is 6.35. The first-order valence-corrected chi connectivity index (χ1v) is 10.8. The Bertz CT molecular complexity index is 1380. The van der Waals surface area contributed by atoms with Crippen LogP contribution >= 0.6 is 23.2 Å². The van der Waals surface area contributed by atoms with Gasteiger partial charge in [-0.2, -0.15) is 5.26 Å². The minimum absolute atomic E-state index is 0.0648. The molecule has 1 aromatic heterocycles. The quantitative estimate of drug-likeness (QED) is 0.324. The highest BCUT2D eigenvalue weighted by Crippen LogP contribution is 2.33. The first kappa shape index (κ1) is 22.6. The molecule has 2 amide bonds. The summed E-state index contributed by atoms with van der Waals surface area (Å²) in [6.07, 6.45) is 1.53. The second kappa shape index (κ2) is 9.11. The Hall–Kier alpha value is -3.59. The first-order valence-electron chi connectivity index (χ1n) is 10.1. The van der Waals surface area contributed by atoms with Crippen LogP contribution in [0.1, 0.15) is 23.8 Å². The van der Waals surface area contributed by atoms with Crippen LogP contribution in [-0.2, 0) is 16.1 Å². The monoisotopic (exact) mass is 476 g/mol. The predicted molar refractivity (Wildman–Crippen MR) is 127 cm³/mol. The molecule has 0 aliphatic carbocycles. The van der Waals surface area contributed by atoms with Crippen LogP contribution < -0.4 is 0 Å². The first-order chi connectivity index (χ1) is 15.8. The number of nitriles is 1. The maximum absolute atomic E-state index is 13.3. The summed E-state index contributed by atoms with van der Waals surface area (Å²) in [5, 5.41) is 10.6. The second-order valence-corrected chi connectivity index (χ2v) is 8.52. The van der Waals surface area contributed by atoms with Gasteiger partial charge in [-0.15, -0.1) is 0 Å². The number of aryl methyl sites for hydroxylation is 1. The number of hydrogen-bond donors (Lipinski definition) is 0. The van der Waals surface area contributed by atoms with E-state index in [0.717, 1.165) is 16.0 Å². The Labute approximate surface area is 201 Å². The Morgan fingerprint density at radius 2 is 1.73 bits per heavy atom. The summed E-state index contributed by atoms with van der Waals surface area (Å²) in [7, 11) is 0. The lowest BCUT2D eigenvalue weighted by molar-refractivity contribution is -0.141. The van der Waals surface area contributed by atoms with Crippen LogP contribution in [0.2, 0.25) is 10.0 Å². The van der Waals surface area contributed by atoms with Crippen molar-refractivity contribution in [1.29, 1.82) is 5.26 Å². The molecule has 0 atom stereocenters. The van der Waals surface area contributed by atoms with Gasteiger partial charge in [-0.3, -0.25) is 14.5 Å². The fourth-order valence-corrected chi connectivity index (χ4v) is 3.94. The van der Waals surface area contributed by atoms with Crippen LogP contribution in [0.4, 0.5) is 0 Å². The van der Waals surface area contributed by atoms with E-state index in [9.17, 15) is 14.9 Å². The number of carbonyl (C=O) groups excluding carboxylic acids is 2. The minimum atomic E-state index is -0.608. The Morgan fingerprint density at radius 1 is 1.00 bits per heavy atom. The number of halogens is 2. The number of imide groups is 1. The van der Waals surface area contributed by atoms with E-state index < -0.39 is 11.8 Å². The molecular weight excluding hydrogens is 459 g/mol. The third-order valence-corrected chi connectivity index (χ3v) is 5.96. The summed E-state index contributed by atoms with van der Waals surface area (Å²) in [6, 6.07) is 17.9. The molecule has 0 saturated heterocycles. The van der Waals surface area contributed by atoms with Crippen LogP contribution in [0.15, 0.2) is 75.7 Å². The van der Waals surface area contributed by atoms with Gasteiger partial charge in [0.15, 0.2) is 0 Å². The molecule has 0 spiro atoms. The molecule has 33 heavy (non-hydrogen) atoms. The number of benzene rings is 2. The topological polar surface area (TPSA) is 74.3 Å². The van der Waals surface area contributed by atoms with E-state index in [1.807, 2.05) is 37.3 Å². The van der Waals surface area contributed by atoms with Crippen molar-refractivity contribution >= 4 is 41.1 Å². The fraction of sp³-hybridized carbons (Fsp3) is 0.115. The summed E-state index contributed by atoms with van der Waals surface area (Å²) in [5.41, 5.74) is 2.93. The standard InChI is InChI=1S/C26H18Cl2N2O3/c1-15-3-5-17(6-4-15)14-30-25(31)20(16(2)22(13-29)26(30)32)12-19-8-10-24(33-19)21-11-18(27)7-9-23(21)28/h3-12H,14H2,1-2H3/b20-12+. The maximum Gasteiger partial charge on any atom is 0.271 e. The highest BCUT2D eigenvalue weighted by atomic mass is 35.5. The zero-order valence-electron chi connectivity index (χ0n) is 17.9. The van der Waals surface area contributed by atoms with E-state index >= 15 is 0 Å². The largest absolute Gasteiger partial charge is 0.457 e. The van der Waals surface area contributed by atoms with E-state index in [4.69, 9.17) is 27.6 Å². The molecule has 4 rings (SSSR count). The minimum Gasteiger partial charge on any atom is -0.457 e. The SMILES string of the molecule is CC1=C(C#N)C(=O)N(Cc2ccc(C)cc2)C(=O)/C1=C/c1ccc(-c2cc(Cl)ccc2Cl)o1. The molecule has 0 fully saturated rings. The van der Waals surface area contributed by atoms with Crippen molar-refractivity contribution in [3.63, 3.8) is 0 Å². The van der Waals surface area contributed by atoms with Crippen LogP contribution in [0, 0.1) is 18.3 Å². The van der Waals surface area contributed by atoms with Crippen LogP contribution in [0.5, 0.6) is 0 Å². The van der Waals surface area contributed by atoms with Crippen LogP contribution in [-0.4, -0.2) is 16.7 Å². The van der Waals surface area contributed by atoms with Crippen LogP contribution in [0.25, 0.3) is 17.4 Å². The average Bonchev–Trinajstić information content (AvgIpc) is 3.26. The molecule has 0 radical (unpaired) electrons. The van der Waals surface area contributed by atoms with E-state index in [0.29, 0.717) is 32.7 Å². The molecule has 0 unspecified atom stereocenters. The van der Waals surface area contributed by atoms with Gasteiger partial charge in [-0.25, -0.2) is 0 Å². The number of nitrogens with zero attached hydrogens (tertiary/aromatic N) is 2. The maximum atomic E-state index is 13.3. The van der Waals surface area contributed by atoms with Gasteiger partial charge < -0.3 is 4.42 Å². The third kappa shape index (κ3) is 4.49. The lowest BCUT2D eigenvalue weighted by Gasteiger charge is -2.27. The van der Waals surface area contributed by atoms with Gasteiger partial charge in [-0.1, -0.05) is 53.0 Å².